The van der Waals surface area contributed by atoms with Gasteiger partial charge < -0.3 is 9.88 Å². The highest BCUT2D eigenvalue weighted by Gasteiger charge is 2.35. The Morgan fingerprint density at radius 2 is 1.02 bits per heavy atom. The van der Waals surface area contributed by atoms with E-state index < -0.39 is 0 Å². The van der Waals surface area contributed by atoms with Crippen molar-refractivity contribution >= 4 is 33.2 Å². The molecule has 1 aromatic heterocycles. The maximum absolute atomic E-state index is 3.84. The summed E-state index contributed by atoms with van der Waals surface area (Å²) in [6.07, 6.45) is 0. The highest BCUT2D eigenvalue weighted by Crippen LogP contribution is 2.50. The number of rotatable bonds is 6. The van der Waals surface area contributed by atoms with Crippen molar-refractivity contribution in [3.05, 3.63) is 199 Å². The monoisotopic (exact) mass is 678 g/mol. The summed E-state index contributed by atoms with van der Waals surface area (Å²) in [5, 5.41) is 6.31. The van der Waals surface area contributed by atoms with E-state index in [2.05, 4.69) is 212 Å². The summed E-state index contributed by atoms with van der Waals surface area (Å²) in [5.41, 5.74) is 18.4. The summed E-state index contributed by atoms with van der Waals surface area (Å²) >= 11 is 0. The molecule has 9 aromatic rings. The minimum atomic E-state index is -0.0373. The van der Waals surface area contributed by atoms with E-state index in [9.17, 15) is 0 Å². The zero-order valence-corrected chi connectivity index (χ0v) is 29.8. The number of fused-ring (bicyclic) bond motifs is 6. The minimum Gasteiger partial charge on any atom is -0.355 e. The number of hydrogen-bond acceptors (Lipinski definition) is 1. The van der Waals surface area contributed by atoms with Crippen LogP contribution in [-0.2, 0) is 5.41 Å². The van der Waals surface area contributed by atoms with Gasteiger partial charge in [0.2, 0.25) is 0 Å². The van der Waals surface area contributed by atoms with E-state index in [-0.39, 0.29) is 5.41 Å². The largest absolute Gasteiger partial charge is 0.355 e. The molecule has 0 unspecified atom stereocenters. The fourth-order valence-corrected chi connectivity index (χ4v) is 8.57. The van der Waals surface area contributed by atoms with Crippen LogP contribution in [0.5, 0.6) is 0 Å². The Morgan fingerprint density at radius 3 is 1.81 bits per heavy atom. The first-order valence-corrected chi connectivity index (χ1v) is 18.4. The first-order chi connectivity index (χ1) is 26.0. The molecule has 0 saturated heterocycles. The molecule has 0 radical (unpaired) electrons. The summed E-state index contributed by atoms with van der Waals surface area (Å²) in [6.45, 7) is 4.70. The van der Waals surface area contributed by atoms with Crippen molar-refractivity contribution in [2.45, 2.75) is 19.3 Å². The molecule has 8 aromatic carbocycles. The second-order valence-corrected chi connectivity index (χ2v) is 14.6. The molecule has 2 heteroatoms. The summed E-state index contributed by atoms with van der Waals surface area (Å²) in [7, 11) is 0. The molecule has 2 nitrogen and oxygen atoms in total. The van der Waals surface area contributed by atoms with Crippen LogP contribution in [0, 0.1) is 0 Å². The van der Waals surface area contributed by atoms with Crippen LogP contribution in [0.4, 0.5) is 11.4 Å². The van der Waals surface area contributed by atoms with E-state index in [1.807, 2.05) is 0 Å². The van der Waals surface area contributed by atoms with Crippen LogP contribution in [0.2, 0.25) is 0 Å². The van der Waals surface area contributed by atoms with Crippen LogP contribution in [0.3, 0.4) is 0 Å². The van der Waals surface area contributed by atoms with Gasteiger partial charge in [-0.2, -0.15) is 0 Å². The molecule has 1 aliphatic carbocycles. The van der Waals surface area contributed by atoms with E-state index in [0.717, 1.165) is 17.1 Å². The number of para-hydroxylation sites is 2. The lowest BCUT2D eigenvalue weighted by Crippen LogP contribution is -2.14. The van der Waals surface area contributed by atoms with Crippen molar-refractivity contribution in [2.75, 3.05) is 5.32 Å². The minimum absolute atomic E-state index is 0.0373. The van der Waals surface area contributed by atoms with Crippen molar-refractivity contribution in [3.63, 3.8) is 0 Å². The smallest absolute Gasteiger partial charge is 0.0548 e. The molecule has 10 rings (SSSR count). The molecule has 0 amide bonds. The summed E-state index contributed by atoms with van der Waals surface area (Å²) in [6, 6.07) is 68.3. The third-order valence-electron chi connectivity index (χ3n) is 11.2. The predicted octanol–water partition coefficient (Wildman–Crippen LogP) is 13.8. The van der Waals surface area contributed by atoms with Gasteiger partial charge in [-0.1, -0.05) is 153 Å². The van der Waals surface area contributed by atoms with Gasteiger partial charge >= 0.3 is 0 Å². The Kier molecular flexibility index (Phi) is 7.19. The van der Waals surface area contributed by atoms with Gasteiger partial charge in [0.25, 0.3) is 0 Å². The van der Waals surface area contributed by atoms with Crippen LogP contribution in [-0.4, -0.2) is 4.57 Å². The molecule has 0 saturated carbocycles. The molecule has 0 spiro atoms. The van der Waals surface area contributed by atoms with Crippen molar-refractivity contribution in [2.24, 2.45) is 0 Å². The standard InChI is InChI=1S/C51H38N2/c1-51(2)44-19-11-9-17-41(44)42-30-27-38(33-45(42)51)36-21-23-37(24-22-36)49-46(52-39-28-25-35(26-29-39)34-13-5-3-6-14-34)31-32-48-50(49)43-18-10-12-20-47(43)53(48)40-15-7-4-8-16-40/h3-33,52H,1-2H3. The summed E-state index contributed by atoms with van der Waals surface area (Å²) < 4.78 is 2.39. The van der Waals surface area contributed by atoms with Crippen LogP contribution in [0.25, 0.3) is 72.0 Å². The van der Waals surface area contributed by atoms with Crippen LogP contribution in [0.15, 0.2) is 188 Å². The number of hydrogen-bond donors (Lipinski definition) is 1. The van der Waals surface area contributed by atoms with E-state index in [1.54, 1.807) is 0 Å². The molecular formula is C51H38N2. The number of aromatic nitrogens is 1. The number of anilines is 2. The Bertz CT molecular complexity index is 2790. The van der Waals surface area contributed by atoms with E-state index >= 15 is 0 Å². The molecule has 0 aliphatic heterocycles. The molecular weight excluding hydrogens is 641 g/mol. The van der Waals surface area contributed by atoms with Crippen molar-refractivity contribution in [3.8, 4) is 50.2 Å². The van der Waals surface area contributed by atoms with Gasteiger partial charge in [0, 0.05) is 38.8 Å². The van der Waals surface area contributed by atoms with Gasteiger partial charge in [-0.3, -0.25) is 0 Å². The third-order valence-corrected chi connectivity index (χ3v) is 11.2. The van der Waals surface area contributed by atoms with Gasteiger partial charge in [-0.05, 0) is 98.6 Å². The van der Waals surface area contributed by atoms with E-state index in [4.69, 9.17) is 0 Å². The SMILES string of the molecule is CC1(C)c2ccccc2-c2ccc(-c3ccc(-c4c(Nc5ccc(-c6ccccc6)cc5)ccc5c4c4ccccc4n5-c4ccccc4)cc3)cc21. The molecule has 1 heterocycles. The topological polar surface area (TPSA) is 17.0 Å². The molecule has 0 atom stereocenters. The Morgan fingerprint density at radius 1 is 0.434 bits per heavy atom. The maximum atomic E-state index is 3.84. The molecule has 0 bridgehead atoms. The maximum Gasteiger partial charge on any atom is 0.0548 e. The number of nitrogens with zero attached hydrogens (tertiary/aromatic N) is 1. The zero-order chi connectivity index (χ0) is 35.5. The predicted molar refractivity (Wildman–Crippen MR) is 224 cm³/mol. The highest BCUT2D eigenvalue weighted by molar-refractivity contribution is 6.18. The second kappa shape index (κ2) is 12.3. The van der Waals surface area contributed by atoms with Crippen molar-refractivity contribution in [1.29, 1.82) is 0 Å². The van der Waals surface area contributed by atoms with E-state index in [0.29, 0.717) is 0 Å². The lowest BCUT2D eigenvalue weighted by Gasteiger charge is -2.22. The fourth-order valence-electron chi connectivity index (χ4n) is 8.57. The summed E-state index contributed by atoms with van der Waals surface area (Å²) in [5.74, 6) is 0. The lowest BCUT2D eigenvalue weighted by molar-refractivity contribution is 0.660. The molecule has 1 N–H and O–H groups in total. The first-order valence-electron chi connectivity index (χ1n) is 18.4. The average Bonchev–Trinajstić information content (AvgIpc) is 3.67. The van der Waals surface area contributed by atoms with Crippen LogP contribution >= 0.6 is 0 Å². The van der Waals surface area contributed by atoms with Gasteiger partial charge in [0.05, 0.1) is 11.0 Å². The van der Waals surface area contributed by atoms with Gasteiger partial charge in [-0.15, -0.1) is 0 Å². The van der Waals surface area contributed by atoms with Gasteiger partial charge in [0.1, 0.15) is 0 Å². The molecule has 1 aliphatic rings. The average molecular weight is 679 g/mol. The van der Waals surface area contributed by atoms with Crippen LogP contribution < -0.4 is 5.32 Å². The number of benzene rings is 8. The lowest BCUT2D eigenvalue weighted by atomic mass is 9.81. The summed E-state index contributed by atoms with van der Waals surface area (Å²) in [4.78, 5) is 0. The van der Waals surface area contributed by atoms with Crippen LogP contribution in [0.1, 0.15) is 25.0 Å². The van der Waals surface area contributed by atoms with E-state index in [1.165, 1.54) is 77.4 Å². The Hall–Kier alpha value is -6.64. The third kappa shape index (κ3) is 5.10. The highest BCUT2D eigenvalue weighted by atomic mass is 15.0. The quantitative estimate of drug-likeness (QED) is 0.185. The zero-order valence-electron chi connectivity index (χ0n) is 29.8. The Balaban J connectivity index is 1.11. The van der Waals surface area contributed by atoms with Gasteiger partial charge in [0.15, 0.2) is 0 Å². The molecule has 252 valence electrons. The van der Waals surface area contributed by atoms with Gasteiger partial charge in [-0.25, -0.2) is 0 Å². The first kappa shape index (κ1) is 31.1. The van der Waals surface area contributed by atoms with Crippen molar-refractivity contribution < 1.29 is 0 Å². The normalized spacial score (nSPS) is 12.9. The second-order valence-electron chi connectivity index (χ2n) is 14.6. The molecule has 53 heavy (non-hydrogen) atoms. The fraction of sp³-hybridized carbons (Fsp3) is 0.0588. The Labute approximate surface area is 310 Å². The molecule has 0 fully saturated rings. The van der Waals surface area contributed by atoms with Crippen molar-refractivity contribution in [1.82, 2.24) is 4.57 Å². The number of nitrogens with one attached hydrogen (secondary N) is 1.